The molecule has 24 heavy (non-hydrogen) atoms. The zero-order valence-corrected chi connectivity index (χ0v) is 15.1. The molecule has 2 aromatic carbocycles. The maximum absolute atomic E-state index is 6.13. The van der Waals surface area contributed by atoms with E-state index in [0.29, 0.717) is 10.0 Å². The average molecular weight is 381 g/mol. The van der Waals surface area contributed by atoms with Crippen LogP contribution >= 0.6 is 34.8 Å². The normalized spacial score (nSPS) is 14.3. The molecule has 0 aliphatic carbocycles. The average Bonchev–Trinajstić information content (AvgIpc) is 3.08. The lowest BCUT2D eigenvalue weighted by Gasteiger charge is -2.16. The lowest BCUT2D eigenvalue weighted by Crippen LogP contribution is -2.24. The summed E-state index contributed by atoms with van der Waals surface area (Å²) in [4.78, 5) is 5.91. The van der Waals surface area contributed by atoms with E-state index in [1.165, 1.54) is 16.6 Å². The molecule has 2 heterocycles. The number of nitrogens with one attached hydrogen (secondary N) is 2. The smallest absolute Gasteiger partial charge is 0.0612 e. The van der Waals surface area contributed by atoms with Gasteiger partial charge in [-0.25, -0.2) is 0 Å². The van der Waals surface area contributed by atoms with E-state index in [1.807, 2.05) is 36.4 Å². The molecule has 0 saturated heterocycles. The Morgan fingerprint density at radius 3 is 2.71 bits per heavy atom. The van der Waals surface area contributed by atoms with Crippen LogP contribution < -0.4 is 5.32 Å². The lowest BCUT2D eigenvalue weighted by molar-refractivity contribution is 0.294. The topological polar surface area (TPSA) is 31.1 Å². The number of aromatic nitrogens is 1. The molecule has 0 radical (unpaired) electrons. The highest BCUT2D eigenvalue weighted by atomic mass is 35.5. The van der Waals surface area contributed by atoms with Crippen molar-refractivity contribution < 1.29 is 0 Å². The predicted octanol–water partition coefficient (Wildman–Crippen LogP) is 5.56. The molecular formula is C18H16Cl3N3. The van der Waals surface area contributed by atoms with Crippen LogP contribution in [0.3, 0.4) is 0 Å². The second-order valence-corrected chi connectivity index (χ2v) is 7.29. The Morgan fingerprint density at radius 2 is 1.88 bits per heavy atom. The number of halogens is 3. The summed E-state index contributed by atoms with van der Waals surface area (Å²) in [6.45, 7) is 3.68. The third-order valence-corrected chi connectivity index (χ3v) is 5.37. The first-order valence-electron chi connectivity index (χ1n) is 7.80. The number of fused-ring (bicyclic) bond motifs is 3. The number of hydrogen-bond acceptors (Lipinski definition) is 2. The minimum Gasteiger partial charge on any atom is -0.384 e. The first-order valence-corrected chi connectivity index (χ1v) is 8.94. The minimum atomic E-state index is 0.571. The molecule has 0 saturated carbocycles. The Morgan fingerprint density at radius 1 is 1.00 bits per heavy atom. The molecular weight excluding hydrogens is 365 g/mol. The highest BCUT2D eigenvalue weighted by molar-refractivity contribution is 6.42. The Balaban J connectivity index is 1.38. The van der Waals surface area contributed by atoms with Crippen molar-refractivity contribution in [2.24, 2.45) is 0 Å². The summed E-state index contributed by atoms with van der Waals surface area (Å²) in [6.07, 6.45) is 0. The molecule has 0 spiro atoms. The largest absolute Gasteiger partial charge is 0.384 e. The van der Waals surface area contributed by atoms with Gasteiger partial charge in [0.05, 0.1) is 10.0 Å². The lowest BCUT2D eigenvalue weighted by atomic mass is 10.1. The SMILES string of the molecule is Clc1ccc2[nH]c3c(c2c1)CN(CCNc1ccc(Cl)c(Cl)c1)C3. The van der Waals surface area contributed by atoms with Crippen molar-refractivity contribution in [3.8, 4) is 0 Å². The van der Waals surface area contributed by atoms with Gasteiger partial charge in [0.25, 0.3) is 0 Å². The summed E-state index contributed by atoms with van der Waals surface area (Å²) in [5.41, 5.74) is 4.81. The van der Waals surface area contributed by atoms with Crippen molar-refractivity contribution in [3.05, 3.63) is 62.7 Å². The van der Waals surface area contributed by atoms with Gasteiger partial charge in [-0.05, 0) is 42.0 Å². The highest BCUT2D eigenvalue weighted by Gasteiger charge is 2.23. The molecule has 6 heteroatoms. The Labute approximate surface area is 155 Å². The van der Waals surface area contributed by atoms with Gasteiger partial charge in [0.2, 0.25) is 0 Å². The molecule has 0 fully saturated rings. The third kappa shape index (κ3) is 3.09. The van der Waals surface area contributed by atoms with Crippen molar-refractivity contribution >= 4 is 51.4 Å². The van der Waals surface area contributed by atoms with Gasteiger partial charge in [-0.3, -0.25) is 4.90 Å². The molecule has 124 valence electrons. The van der Waals surface area contributed by atoms with Gasteiger partial charge in [-0.15, -0.1) is 0 Å². The monoisotopic (exact) mass is 379 g/mol. The third-order valence-electron chi connectivity index (χ3n) is 4.40. The molecule has 0 bridgehead atoms. The van der Waals surface area contributed by atoms with Crippen LogP contribution in [0.15, 0.2) is 36.4 Å². The van der Waals surface area contributed by atoms with Gasteiger partial charge in [-0.1, -0.05) is 34.8 Å². The zero-order chi connectivity index (χ0) is 16.7. The van der Waals surface area contributed by atoms with E-state index in [4.69, 9.17) is 34.8 Å². The molecule has 3 aromatic rings. The fraction of sp³-hybridized carbons (Fsp3) is 0.222. The molecule has 1 aliphatic rings. The fourth-order valence-corrected chi connectivity index (χ4v) is 3.69. The van der Waals surface area contributed by atoms with E-state index >= 15 is 0 Å². The number of anilines is 1. The number of rotatable bonds is 4. The Hall–Kier alpha value is -1.39. The van der Waals surface area contributed by atoms with Crippen molar-refractivity contribution in [2.45, 2.75) is 13.1 Å². The second kappa shape index (κ2) is 6.49. The standard InChI is InChI=1S/C18H16Cl3N3/c19-11-1-4-17-13(7-11)14-9-24(10-18(14)23-17)6-5-22-12-2-3-15(20)16(21)8-12/h1-4,7-8,22-23H,5-6,9-10H2. The minimum absolute atomic E-state index is 0.571. The molecule has 4 rings (SSSR count). The molecule has 3 nitrogen and oxygen atoms in total. The number of H-pyrrole nitrogens is 1. The maximum Gasteiger partial charge on any atom is 0.0612 e. The fourth-order valence-electron chi connectivity index (χ4n) is 3.22. The summed E-state index contributed by atoms with van der Waals surface area (Å²) in [5.74, 6) is 0. The molecule has 2 N–H and O–H groups in total. The van der Waals surface area contributed by atoms with Crippen molar-refractivity contribution in [2.75, 3.05) is 18.4 Å². The van der Waals surface area contributed by atoms with Crippen LogP contribution in [0, 0.1) is 0 Å². The number of nitrogens with zero attached hydrogens (tertiary/aromatic N) is 1. The molecule has 1 aliphatic heterocycles. The summed E-state index contributed by atoms with van der Waals surface area (Å²) < 4.78 is 0. The van der Waals surface area contributed by atoms with E-state index in [2.05, 4.69) is 15.2 Å². The first-order chi connectivity index (χ1) is 11.6. The summed E-state index contributed by atoms with van der Waals surface area (Å²) in [6, 6.07) is 11.6. The van der Waals surface area contributed by atoms with E-state index in [1.54, 1.807) is 0 Å². The van der Waals surface area contributed by atoms with E-state index in [-0.39, 0.29) is 0 Å². The van der Waals surface area contributed by atoms with E-state index < -0.39 is 0 Å². The van der Waals surface area contributed by atoms with Crippen LogP contribution in [0.1, 0.15) is 11.3 Å². The Kier molecular flexibility index (Phi) is 4.35. The van der Waals surface area contributed by atoms with E-state index in [0.717, 1.165) is 42.4 Å². The number of aromatic amines is 1. The molecule has 0 atom stereocenters. The maximum atomic E-state index is 6.13. The zero-order valence-electron chi connectivity index (χ0n) is 12.9. The van der Waals surface area contributed by atoms with Gasteiger partial charge in [0, 0.05) is 53.5 Å². The second-order valence-electron chi connectivity index (χ2n) is 6.04. The number of hydrogen-bond donors (Lipinski definition) is 2. The molecule has 1 aromatic heterocycles. The summed E-state index contributed by atoms with van der Waals surface area (Å²) in [5, 5.41) is 6.55. The number of benzene rings is 2. The van der Waals surface area contributed by atoms with Gasteiger partial charge in [0.15, 0.2) is 0 Å². The van der Waals surface area contributed by atoms with Gasteiger partial charge < -0.3 is 10.3 Å². The van der Waals surface area contributed by atoms with Crippen LogP contribution in [0.25, 0.3) is 10.9 Å². The summed E-state index contributed by atoms with van der Waals surface area (Å²) >= 11 is 18.1. The van der Waals surface area contributed by atoms with Gasteiger partial charge in [0.1, 0.15) is 0 Å². The predicted molar refractivity (Wildman–Crippen MR) is 102 cm³/mol. The van der Waals surface area contributed by atoms with Gasteiger partial charge >= 0.3 is 0 Å². The van der Waals surface area contributed by atoms with Crippen LogP contribution in [-0.2, 0) is 13.1 Å². The summed E-state index contributed by atoms with van der Waals surface area (Å²) in [7, 11) is 0. The molecule has 0 unspecified atom stereocenters. The van der Waals surface area contributed by atoms with Crippen LogP contribution in [0.4, 0.5) is 5.69 Å². The van der Waals surface area contributed by atoms with Crippen LogP contribution in [-0.4, -0.2) is 23.0 Å². The van der Waals surface area contributed by atoms with E-state index in [9.17, 15) is 0 Å². The van der Waals surface area contributed by atoms with Crippen molar-refractivity contribution in [1.29, 1.82) is 0 Å². The van der Waals surface area contributed by atoms with Crippen molar-refractivity contribution in [3.63, 3.8) is 0 Å². The highest BCUT2D eigenvalue weighted by Crippen LogP contribution is 2.31. The van der Waals surface area contributed by atoms with Crippen LogP contribution in [0.5, 0.6) is 0 Å². The van der Waals surface area contributed by atoms with Crippen molar-refractivity contribution in [1.82, 2.24) is 9.88 Å². The first kappa shape index (κ1) is 16.1. The van der Waals surface area contributed by atoms with Gasteiger partial charge in [-0.2, -0.15) is 0 Å². The van der Waals surface area contributed by atoms with Crippen LogP contribution in [0.2, 0.25) is 15.1 Å². The molecule has 0 amide bonds. The quantitative estimate of drug-likeness (QED) is 0.621. The Bertz CT molecular complexity index is 904.